The largest absolute Gasteiger partial charge is 0.493 e. The fourth-order valence-electron chi connectivity index (χ4n) is 6.36. The highest BCUT2D eigenvalue weighted by molar-refractivity contribution is 6.00. The molecule has 1 aliphatic rings. The van der Waals surface area contributed by atoms with Gasteiger partial charge in [-0.3, -0.25) is 0 Å². The van der Waals surface area contributed by atoms with Crippen LogP contribution < -0.4 is 9.64 Å². The summed E-state index contributed by atoms with van der Waals surface area (Å²) in [6.45, 7) is 11.4. The molecule has 0 saturated heterocycles. The molecule has 0 saturated carbocycles. The Labute approximate surface area is 241 Å². The van der Waals surface area contributed by atoms with Crippen molar-refractivity contribution >= 4 is 22.6 Å². The highest BCUT2D eigenvalue weighted by atomic mass is 16.6. The summed E-state index contributed by atoms with van der Waals surface area (Å²) in [6, 6.07) is 28.8. The van der Waals surface area contributed by atoms with Gasteiger partial charge in [-0.25, -0.2) is 9.78 Å². The lowest BCUT2D eigenvalue weighted by molar-refractivity contribution is 0.0247. The Bertz CT molecular complexity index is 1720. The summed E-state index contributed by atoms with van der Waals surface area (Å²) in [5.41, 5.74) is 5.66. The molecule has 0 bridgehead atoms. The van der Waals surface area contributed by atoms with Crippen molar-refractivity contribution in [3.05, 3.63) is 114 Å². The van der Waals surface area contributed by atoms with E-state index in [1.165, 1.54) is 0 Å². The van der Waals surface area contributed by atoms with Crippen molar-refractivity contribution in [3.8, 4) is 17.0 Å². The summed E-state index contributed by atoms with van der Waals surface area (Å²) >= 11 is 0. The Balaban J connectivity index is 1.79. The number of rotatable bonds is 9. The number of aryl methyl sites for hydroxylation is 1. The SMILES string of the molecule is CCOc1cc(N(CC)CC)ccc1C1(c2c(-c3ccccc3)n(CC)c3ccccc23)OC(=O)c2ncccc21. The van der Waals surface area contributed by atoms with Gasteiger partial charge in [0.15, 0.2) is 11.3 Å². The van der Waals surface area contributed by atoms with Gasteiger partial charge < -0.3 is 18.9 Å². The minimum atomic E-state index is -1.28. The number of pyridine rings is 1. The smallest absolute Gasteiger partial charge is 0.358 e. The van der Waals surface area contributed by atoms with Gasteiger partial charge in [0.25, 0.3) is 0 Å². The molecule has 6 rings (SSSR count). The Kier molecular flexibility index (Phi) is 7.00. The number of hydrogen-bond donors (Lipinski definition) is 0. The van der Waals surface area contributed by atoms with Gasteiger partial charge in [-0.05, 0) is 57.5 Å². The molecular weight excluding hydrogens is 510 g/mol. The van der Waals surface area contributed by atoms with Gasteiger partial charge in [-0.15, -0.1) is 0 Å². The Morgan fingerprint density at radius 1 is 0.878 bits per heavy atom. The predicted molar refractivity (Wildman–Crippen MR) is 164 cm³/mol. The molecule has 0 N–H and O–H groups in total. The molecule has 3 heterocycles. The first kappa shape index (κ1) is 26.6. The van der Waals surface area contributed by atoms with E-state index in [1.54, 1.807) is 6.20 Å². The highest BCUT2D eigenvalue weighted by Crippen LogP contribution is 2.55. The van der Waals surface area contributed by atoms with Gasteiger partial charge >= 0.3 is 5.97 Å². The first-order valence-electron chi connectivity index (χ1n) is 14.5. The zero-order valence-corrected chi connectivity index (χ0v) is 24.1. The van der Waals surface area contributed by atoms with Crippen LogP contribution in [0.5, 0.6) is 5.75 Å². The van der Waals surface area contributed by atoms with E-state index < -0.39 is 11.6 Å². The molecule has 5 aromatic rings. The topological polar surface area (TPSA) is 56.6 Å². The third-order valence-corrected chi connectivity index (χ3v) is 8.09. The molecule has 1 unspecified atom stereocenters. The van der Waals surface area contributed by atoms with Crippen LogP contribution in [-0.4, -0.2) is 35.2 Å². The van der Waals surface area contributed by atoms with Crippen molar-refractivity contribution in [2.45, 2.75) is 39.8 Å². The molecular formula is C35H35N3O3. The Hall–Kier alpha value is -4.58. The lowest BCUT2D eigenvalue weighted by Crippen LogP contribution is -2.31. The number of para-hydroxylation sites is 1. The summed E-state index contributed by atoms with van der Waals surface area (Å²) in [7, 11) is 0. The maximum atomic E-state index is 13.7. The van der Waals surface area contributed by atoms with Crippen LogP contribution in [-0.2, 0) is 16.9 Å². The van der Waals surface area contributed by atoms with E-state index in [-0.39, 0.29) is 0 Å². The maximum Gasteiger partial charge on any atom is 0.358 e. The minimum absolute atomic E-state index is 0.329. The molecule has 6 nitrogen and oxygen atoms in total. The second kappa shape index (κ2) is 10.8. The summed E-state index contributed by atoms with van der Waals surface area (Å²) in [5, 5.41) is 1.02. The van der Waals surface area contributed by atoms with E-state index in [9.17, 15) is 4.79 Å². The average Bonchev–Trinajstić information content (AvgIpc) is 3.51. The number of nitrogens with zero attached hydrogens (tertiary/aromatic N) is 3. The van der Waals surface area contributed by atoms with E-state index in [1.807, 2.05) is 43.3 Å². The van der Waals surface area contributed by atoms with E-state index in [0.29, 0.717) is 18.1 Å². The molecule has 1 aliphatic heterocycles. The lowest BCUT2D eigenvalue weighted by atomic mass is 9.78. The monoisotopic (exact) mass is 545 g/mol. The number of anilines is 1. The number of cyclic esters (lactones) is 1. The van der Waals surface area contributed by atoms with Gasteiger partial charge in [0.1, 0.15) is 5.75 Å². The van der Waals surface area contributed by atoms with Gasteiger partial charge in [-0.1, -0.05) is 54.6 Å². The van der Waals surface area contributed by atoms with Crippen molar-refractivity contribution in [2.75, 3.05) is 24.6 Å². The molecule has 0 amide bonds. The standard InChI is InChI=1S/C35H35N3O3/c1-5-37(6-2)25-20-21-27(30(23-25)40-8-4)35(28-18-14-22-36-32(28)34(39)41-35)31-26-17-12-13-19-29(26)38(7-3)33(31)24-15-10-9-11-16-24/h9-23H,5-8H2,1-4H3. The predicted octanol–water partition coefficient (Wildman–Crippen LogP) is 7.43. The second-order valence-electron chi connectivity index (χ2n) is 10.1. The molecule has 2 aromatic heterocycles. The first-order chi connectivity index (χ1) is 20.1. The lowest BCUT2D eigenvalue weighted by Gasteiger charge is -2.33. The molecule has 41 heavy (non-hydrogen) atoms. The van der Waals surface area contributed by atoms with Crippen molar-refractivity contribution in [1.29, 1.82) is 0 Å². The number of esters is 1. The molecule has 1 atom stereocenters. The zero-order chi connectivity index (χ0) is 28.6. The van der Waals surface area contributed by atoms with Gasteiger partial charge in [0.05, 0.1) is 12.3 Å². The molecule has 0 aliphatic carbocycles. The highest BCUT2D eigenvalue weighted by Gasteiger charge is 2.54. The summed E-state index contributed by atoms with van der Waals surface area (Å²) in [4.78, 5) is 20.5. The Morgan fingerprint density at radius 3 is 2.37 bits per heavy atom. The van der Waals surface area contributed by atoms with E-state index >= 15 is 0 Å². The van der Waals surface area contributed by atoms with E-state index in [0.717, 1.165) is 64.2 Å². The molecule has 208 valence electrons. The number of carbonyl (C=O) groups excluding carboxylic acids is 1. The number of hydrogen-bond acceptors (Lipinski definition) is 5. The van der Waals surface area contributed by atoms with Gasteiger partial charge in [-0.2, -0.15) is 0 Å². The van der Waals surface area contributed by atoms with Crippen LogP contribution in [0.25, 0.3) is 22.2 Å². The normalized spacial score (nSPS) is 16.0. The van der Waals surface area contributed by atoms with Crippen LogP contribution in [0.3, 0.4) is 0 Å². The van der Waals surface area contributed by atoms with Gasteiger partial charge in [0.2, 0.25) is 0 Å². The van der Waals surface area contributed by atoms with E-state index in [2.05, 4.69) is 83.8 Å². The van der Waals surface area contributed by atoms with Crippen LogP contribution in [0.4, 0.5) is 5.69 Å². The van der Waals surface area contributed by atoms with Crippen LogP contribution in [0, 0.1) is 0 Å². The fourth-order valence-corrected chi connectivity index (χ4v) is 6.36. The third-order valence-electron chi connectivity index (χ3n) is 8.09. The first-order valence-corrected chi connectivity index (χ1v) is 14.5. The number of aromatic nitrogens is 2. The van der Waals surface area contributed by atoms with Crippen LogP contribution in [0.1, 0.15) is 54.9 Å². The third kappa shape index (κ3) is 4.08. The summed E-state index contributed by atoms with van der Waals surface area (Å²) in [5.74, 6) is 0.247. The summed E-state index contributed by atoms with van der Waals surface area (Å²) in [6.07, 6.45) is 1.65. The quantitative estimate of drug-likeness (QED) is 0.180. The second-order valence-corrected chi connectivity index (χ2v) is 10.1. The number of benzene rings is 3. The van der Waals surface area contributed by atoms with Crippen molar-refractivity contribution in [3.63, 3.8) is 0 Å². The van der Waals surface area contributed by atoms with Crippen LogP contribution >= 0.6 is 0 Å². The zero-order valence-electron chi connectivity index (χ0n) is 24.1. The van der Waals surface area contributed by atoms with Crippen molar-refractivity contribution in [2.24, 2.45) is 0 Å². The molecule has 0 fully saturated rings. The van der Waals surface area contributed by atoms with Crippen molar-refractivity contribution < 1.29 is 14.3 Å². The Morgan fingerprint density at radius 2 is 1.63 bits per heavy atom. The number of fused-ring (bicyclic) bond motifs is 2. The maximum absolute atomic E-state index is 13.7. The van der Waals surface area contributed by atoms with Gasteiger partial charge in [0, 0.05) is 65.2 Å². The molecule has 3 aromatic carbocycles. The average molecular weight is 546 g/mol. The van der Waals surface area contributed by atoms with Crippen molar-refractivity contribution in [1.82, 2.24) is 9.55 Å². The van der Waals surface area contributed by atoms with Crippen LogP contribution in [0.2, 0.25) is 0 Å². The number of carbonyl (C=O) groups is 1. The van der Waals surface area contributed by atoms with E-state index in [4.69, 9.17) is 9.47 Å². The minimum Gasteiger partial charge on any atom is -0.493 e. The molecule has 0 radical (unpaired) electrons. The van der Waals surface area contributed by atoms with Crippen LogP contribution in [0.15, 0.2) is 91.1 Å². The fraction of sp³-hybridized carbons (Fsp3) is 0.257. The molecule has 0 spiro atoms. The number of ether oxygens (including phenoxy) is 2. The molecule has 6 heteroatoms. The summed E-state index contributed by atoms with van der Waals surface area (Å²) < 4.78 is 15.3.